The Balaban J connectivity index is 1.21. The lowest BCUT2D eigenvalue weighted by molar-refractivity contribution is 0.667. The van der Waals surface area contributed by atoms with E-state index in [1.807, 2.05) is 54.6 Å². The summed E-state index contributed by atoms with van der Waals surface area (Å²) in [4.78, 5) is 20.9. The fraction of sp³-hybridized carbons (Fsp3) is 0. The van der Waals surface area contributed by atoms with Crippen molar-refractivity contribution in [3.8, 4) is 39.9 Å². The number of nitrogens with zero attached hydrogens (tertiary/aromatic N) is 5. The third-order valence-corrected chi connectivity index (χ3v) is 10.0. The molecular formula is C46H27N5O. The Labute approximate surface area is 297 Å². The normalized spacial score (nSPS) is 11.8. The highest BCUT2D eigenvalue weighted by Crippen LogP contribution is 2.39. The molecule has 52 heavy (non-hydrogen) atoms. The summed E-state index contributed by atoms with van der Waals surface area (Å²) in [6.45, 7) is 0. The van der Waals surface area contributed by atoms with Gasteiger partial charge in [-0.3, -0.25) is 0 Å². The van der Waals surface area contributed by atoms with Gasteiger partial charge in [0.2, 0.25) is 0 Å². The van der Waals surface area contributed by atoms with Crippen molar-refractivity contribution in [3.05, 3.63) is 164 Å². The Morgan fingerprint density at radius 3 is 1.90 bits per heavy atom. The minimum absolute atomic E-state index is 0.441. The molecule has 0 atom stereocenters. The number of hydrogen-bond donors (Lipinski definition) is 0. The Kier molecular flexibility index (Phi) is 6.15. The molecule has 0 unspecified atom stereocenters. The average molecular weight is 666 g/mol. The molecule has 242 valence electrons. The maximum absolute atomic E-state index is 6.39. The lowest BCUT2D eigenvalue weighted by Gasteiger charge is -2.12. The summed E-state index contributed by atoms with van der Waals surface area (Å²) in [6.07, 6.45) is 0. The average Bonchev–Trinajstić information content (AvgIpc) is 3.76. The highest BCUT2D eigenvalue weighted by molar-refractivity contribution is 6.13. The lowest BCUT2D eigenvalue weighted by atomic mass is 10.0. The van der Waals surface area contributed by atoms with Crippen molar-refractivity contribution in [1.82, 2.24) is 24.5 Å². The van der Waals surface area contributed by atoms with Crippen LogP contribution in [0.2, 0.25) is 0 Å². The van der Waals surface area contributed by atoms with Crippen LogP contribution in [0.1, 0.15) is 0 Å². The van der Waals surface area contributed by atoms with E-state index < -0.39 is 0 Å². The first-order valence-corrected chi connectivity index (χ1v) is 17.3. The third kappa shape index (κ3) is 4.31. The van der Waals surface area contributed by atoms with Crippen molar-refractivity contribution < 1.29 is 4.42 Å². The summed E-state index contributed by atoms with van der Waals surface area (Å²) < 4.78 is 8.72. The molecule has 0 N–H and O–H groups in total. The van der Waals surface area contributed by atoms with E-state index in [-0.39, 0.29) is 0 Å². The van der Waals surface area contributed by atoms with Gasteiger partial charge in [-0.25, -0.2) is 19.9 Å². The van der Waals surface area contributed by atoms with Crippen molar-refractivity contribution in [2.75, 3.05) is 0 Å². The summed E-state index contributed by atoms with van der Waals surface area (Å²) in [6, 6.07) is 56.5. The molecule has 0 aliphatic carbocycles. The maximum atomic E-state index is 6.39. The minimum atomic E-state index is 0.441. The number of hydrogen-bond acceptors (Lipinski definition) is 5. The van der Waals surface area contributed by atoms with E-state index in [1.54, 1.807) is 0 Å². The first-order chi connectivity index (χ1) is 25.8. The number of furan rings is 1. The molecule has 0 aliphatic heterocycles. The Morgan fingerprint density at radius 2 is 1.06 bits per heavy atom. The molecule has 0 saturated carbocycles. The fourth-order valence-corrected chi connectivity index (χ4v) is 7.64. The van der Waals surface area contributed by atoms with E-state index in [0.717, 1.165) is 77.1 Å². The number of fused-ring (bicyclic) bond motifs is 9. The third-order valence-electron chi connectivity index (χ3n) is 10.0. The Bertz CT molecular complexity index is 3180. The maximum Gasteiger partial charge on any atom is 0.199 e. The molecule has 4 aromatic heterocycles. The molecule has 0 radical (unpaired) electrons. The molecule has 0 aliphatic rings. The molecule has 11 rings (SSSR count). The van der Waals surface area contributed by atoms with Gasteiger partial charge in [0.25, 0.3) is 0 Å². The summed E-state index contributed by atoms with van der Waals surface area (Å²) >= 11 is 0. The second-order valence-corrected chi connectivity index (χ2v) is 13.0. The molecule has 6 nitrogen and oxygen atoms in total. The van der Waals surface area contributed by atoms with Gasteiger partial charge in [-0.05, 0) is 53.9 Å². The summed E-state index contributed by atoms with van der Waals surface area (Å²) in [5.74, 6) is 0.894. The first kappa shape index (κ1) is 28.6. The van der Waals surface area contributed by atoms with E-state index in [4.69, 9.17) is 24.4 Å². The molecule has 0 bridgehead atoms. The van der Waals surface area contributed by atoms with Gasteiger partial charge in [0, 0.05) is 43.7 Å². The zero-order valence-corrected chi connectivity index (χ0v) is 27.7. The highest BCUT2D eigenvalue weighted by atomic mass is 16.3. The van der Waals surface area contributed by atoms with Gasteiger partial charge in [0.15, 0.2) is 17.2 Å². The fourth-order valence-electron chi connectivity index (χ4n) is 7.64. The largest absolute Gasteiger partial charge is 0.452 e. The second kappa shape index (κ2) is 11.2. The molecule has 11 aromatic rings. The van der Waals surface area contributed by atoms with Gasteiger partial charge < -0.3 is 8.98 Å². The predicted molar refractivity (Wildman–Crippen MR) is 211 cm³/mol. The van der Waals surface area contributed by atoms with Crippen LogP contribution in [0, 0.1) is 0 Å². The number of rotatable bonds is 4. The van der Waals surface area contributed by atoms with Crippen molar-refractivity contribution in [2.24, 2.45) is 0 Å². The summed E-state index contributed by atoms with van der Waals surface area (Å²) in [5, 5.41) is 6.37. The quantitative estimate of drug-likeness (QED) is 0.175. The van der Waals surface area contributed by atoms with Crippen molar-refractivity contribution in [3.63, 3.8) is 0 Å². The van der Waals surface area contributed by atoms with Crippen LogP contribution in [0.25, 0.3) is 105 Å². The van der Waals surface area contributed by atoms with Crippen molar-refractivity contribution in [2.45, 2.75) is 0 Å². The van der Waals surface area contributed by atoms with Crippen LogP contribution in [0.3, 0.4) is 0 Å². The topological polar surface area (TPSA) is 69.6 Å². The van der Waals surface area contributed by atoms with Gasteiger partial charge in [-0.2, -0.15) is 0 Å². The highest BCUT2D eigenvalue weighted by Gasteiger charge is 2.22. The molecule has 0 fully saturated rings. The van der Waals surface area contributed by atoms with Gasteiger partial charge in [0.1, 0.15) is 16.8 Å². The van der Waals surface area contributed by atoms with Crippen molar-refractivity contribution >= 4 is 65.6 Å². The molecule has 6 heteroatoms. The number of benzene rings is 7. The van der Waals surface area contributed by atoms with Gasteiger partial charge in [-0.1, -0.05) is 115 Å². The SMILES string of the molecule is c1ccc(-c2nc(-c3nc(-c4ccc5c(c4)c4ccccc4n5-c4ccccc4)c4ccc5ccccc5c4n3)nc3c2oc2ccccc23)cc1. The Hall–Kier alpha value is -7.18. The van der Waals surface area contributed by atoms with Crippen LogP contribution in [0.4, 0.5) is 0 Å². The zero-order chi connectivity index (χ0) is 34.2. The van der Waals surface area contributed by atoms with Crippen LogP contribution in [-0.4, -0.2) is 24.5 Å². The lowest BCUT2D eigenvalue weighted by Crippen LogP contribution is -2.01. The zero-order valence-electron chi connectivity index (χ0n) is 27.7. The van der Waals surface area contributed by atoms with Crippen LogP contribution in [-0.2, 0) is 0 Å². The molecule has 4 heterocycles. The minimum Gasteiger partial charge on any atom is -0.452 e. The van der Waals surface area contributed by atoms with E-state index >= 15 is 0 Å². The standard InChI is InChI=1S/C46H27N5O/c1-3-14-29(15-4-1)41-44-43(34-20-10-12-22-39(34)52-44)50-46(48-41)45-47-40(35-25-23-28-13-7-8-18-32(28)42(35)49-45)30-24-26-38-36(27-30)33-19-9-11-21-37(33)51(38)31-16-5-2-6-17-31/h1-27H. The summed E-state index contributed by atoms with van der Waals surface area (Å²) in [5.41, 5.74) is 9.85. The monoisotopic (exact) mass is 665 g/mol. The number of para-hydroxylation sites is 3. The molecule has 0 amide bonds. The van der Waals surface area contributed by atoms with E-state index in [1.165, 1.54) is 5.39 Å². The second-order valence-electron chi connectivity index (χ2n) is 13.0. The van der Waals surface area contributed by atoms with Gasteiger partial charge in [0.05, 0.1) is 22.2 Å². The van der Waals surface area contributed by atoms with E-state index in [0.29, 0.717) is 22.9 Å². The van der Waals surface area contributed by atoms with Crippen LogP contribution >= 0.6 is 0 Å². The van der Waals surface area contributed by atoms with E-state index in [2.05, 4.69) is 114 Å². The predicted octanol–water partition coefficient (Wildman–Crippen LogP) is 11.6. The van der Waals surface area contributed by atoms with Gasteiger partial charge in [-0.15, -0.1) is 0 Å². The molecule has 0 saturated heterocycles. The van der Waals surface area contributed by atoms with E-state index in [9.17, 15) is 0 Å². The van der Waals surface area contributed by atoms with Crippen LogP contribution in [0.5, 0.6) is 0 Å². The number of aromatic nitrogens is 5. The van der Waals surface area contributed by atoms with Crippen LogP contribution < -0.4 is 0 Å². The Morgan fingerprint density at radius 1 is 0.404 bits per heavy atom. The molecule has 0 spiro atoms. The smallest absolute Gasteiger partial charge is 0.199 e. The molecule has 7 aromatic carbocycles. The van der Waals surface area contributed by atoms with Crippen LogP contribution in [0.15, 0.2) is 168 Å². The summed E-state index contributed by atoms with van der Waals surface area (Å²) in [7, 11) is 0. The van der Waals surface area contributed by atoms with Crippen molar-refractivity contribution in [1.29, 1.82) is 0 Å². The molecular weight excluding hydrogens is 639 g/mol. The first-order valence-electron chi connectivity index (χ1n) is 17.3. The van der Waals surface area contributed by atoms with Gasteiger partial charge >= 0.3 is 0 Å².